The van der Waals surface area contributed by atoms with Gasteiger partial charge in [0.1, 0.15) is 35.3 Å². The second-order valence-electron chi connectivity index (χ2n) is 12.2. The summed E-state index contributed by atoms with van der Waals surface area (Å²) in [6, 6.07) is 12.0. The van der Waals surface area contributed by atoms with E-state index in [1.54, 1.807) is 42.6 Å². The van der Waals surface area contributed by atoms with Gasteiger partial charge in [-0.2, -0.15) is 0 Å². The highest BCUT2D eigenvalue weighted by Crippen LogP contribution is 2.49. The van der Waals surface area contributed by atoms with Gasteiger partial charge in [0.05, 0.1) is 5.52 Å². The molecule has 2 aromatic carbocycles. The van der Waals surface area contributed by atoms with Crippen molar-refractivity contribution in [1.29, 1.82) is 0 Å². The maximum atomic E-state index is 13.9. The molecule has 13 heteroatoms. The standard InChI is InChI=1S/C34H32N4O8S/c1-17(39)46-15-19-16-47-33-26(32(43)38(33)27(19)34(44)45)36-31(42)25(18-8-3-2-4-9-18)35-30(41)23-14-37-24-13-6-5-10-20(24)21-11-7-12-22(28(21)37)29(23)40/h2-4,7-9,11-12,14,20,24-26,33H,5-6,10,13,15-16H2,1H3,(H,35,41)(H,36,42)(H,44,45). The normalized spacial score (nSPS) is 23.3. The molecule has 3 aliphatic heterocycles. The van der Waals surface area contributed by atoms with Gasteiger partial charge < -0.3 is 25.0 Å². The lowest BCUT2D eigenvalue weighted by Gasteiger charge is -2.49. The van der Waals surface area contributed by atoms with Crippen LogP contribution in [0.4, 0.5) is 0 Å². The number of aliphatic carboxylic acids is 1. The van der Waals surface area contributed by atoms with Crippen LogP contribution < -0.4 is 16.1 Å². The molecular weight excluding hydrogens is 624 g/mol. The number of carboxylic acid groups (broad SMARTS) is 1. The Morgan fingerprint density at radius 1 is 1.04 bits per heavy atom. The summed E-state index contributed by atoms with van der Waals surface area (Å²) in [6.07, 6.45) is 5.77. The van der Waals surface area contributed by atoms with Gasteiger partial charge in [-0.15, -0.1) is 11.8 Å². The molecule has 7 rings (SSSR count). The lowest BCUT2D eigenvalue weighted by atomic mass is 9.82. The summed E-state index contributed by atoms with van der Waals surface area (Å²) < 4.78 is 7.04. The zero-order chi connectivity index (χ0) is 33.0. The third-order valence-corrected chi connectivity index (χ3v) is 10.8. The number of benzene rings is 2. The third kappa shape index (κ3) is 5.18. The molecule has 4 heterocycles. The average molecular weight is 657 g/mol. The number of nitrogens with zero attached hydrogens (tertiary/aromatic N) is 2. The molecule has 5 atom stereocenters. The van der Waals surface area contributed by atoms with Crippen LogP contribution in [0.15, 0.2) is 70.8 Å². The Bertz CT molecular complexity index is 1940. The Kier molecular flexibility index (Phi) is 7.87. The SMILES string of the molecule is CC(=O)OCC1=C(C(=O)O)N2C(=O)C(NC(=O)C(NC(=O)c3cn4c5c(cccc5c3=O)C3CCCCC34)c3ccccc3)C2SC1. The molecule has 0 bridgehead atoms. The largest absolute Gasteiger partial charge is 0.477 e. The van der Waals surface area contributed by atoms with E-state index in [1.165, 1.54) is 18.7 Å². The second-order valence-corrected chi connectivity index (χ2v) is 13.3. The van der Waals surface area contributed by atoms with Crippen LogP contribution in [0.2, 0.25) is 0 Å². The van der Waals surface area contributed by atoms with E-state index in [4.69, 9.17) is 4.74 Å². The summed E-state index contributed by atoms with van der Waals surface area (Å²) in [7, 11) is 0. The highest BCUT2D eigenvalue weighted by molar-refractivity contribution is 8.00. The zero-order valence-electron chi connectivity index (χ0n) is 25.4. The van der Waals surface area contributed by atoms with Gasteiger partial charge in [0.15, 0.2) is 0 Å². The molecule has 0 radical (unpaired) electrons. The van der Waals surface area contributed by atoms with Crippen LogP contribution >= 0.6 is 11.8 Å². The average Bonchev–Trinajstić information content (AvgIpc) is 3.40. The first-order valence-electron chi connectivity index (χ1n) is 15.5. The number of esters is 1. The fourth-order valence-electron chi connectivity index (χ4n) is 7.34. The van der Waals surface area contributed by atoms with Crippen LogP contribution in [-0.4, -0.2) is 68.0 Å². The summed E-state index contributed by atoms with van der Waals surface area (Å²) >= 11 is 1.23. The van der Waals surface area contributed by atoms with Crippen molar-refractivity contribution in [2.24, 2.45) is 0 Å². The number of hydrogen-bond donors (Lipinski definition) is 3. The van der Waals surface area contributed by atoms with Crippen LogP contribution in [0.5, 0.6) is 0 Å². The van der Waals surface area contributed by atoms with E-state index in [0.29, 0.717) is 16.9 Å². The van der Waals surface area contributed by atoms with E-state index in [1.807, 2.05) is 6.07 Å². The number of carbonyl (C=O) groups excluding carboxylic acids is 4. The topological polar surface area (TPSA) is 164 Å². The van der Waals surface area contributed by atoms with Crippen molar-refractivity contribution in [1.82, 2.24) is 20.1 Å². The number of β-lactam (4-membered cyclic amide) rings is 1. The minimum absolute atomic E-state index is 0.0696. The van der Waals surface area contributed by atoms with E-state index < -0.39 is 52.5 Å². The van der Waals surface area contributed by atoms with E-state index in [-0.39, 0.29) is 35.2 Å². The number of thioether (sulfide) groups is 1. The van der Waals surface area contributed by atoms with Crippen LogP contribution in [0.25, 0.3) is 10.9 Å². The number of carbonyl (C=O) groups is 5. The van der Waals surface area contributed by atoms with Gasteiger partial charge in [-0.1, -0.05) is 55.3 Å². The van der Waals surface area contributed by atoms with Gasteiger partial charge in [0.25, 0.3) is 11.8 Å². The van der Waals surface area contributed by atoms with Gasteiger partial charge in [0, 0.05) is 41.8 Å². The van der Waals surface area contributed by atoms with E-state index in [2.05, 4.69) is 21.3 Å². The van der Waals surface area contributed by atoms with Gasteiger partial charge in [-0.25, -0.2) is 4.79 Å². The minimum atomic E-state index is -1.35. The molecule has 3 aromatic rings. The predicted molar refractivity (Wildman–Crippen MR) is 171 cm³/mol. The highest BCUT2D eigenvalue weighted by atomic mass is 32.2. The van der Waals surface area contributed by atoms with Crippen molar-refractivity contribution < 1.29 is 33.8 Å². The first-order chi connectivity index (χ1) is 22.7. The molecular formula is C34H32N4O8S. The molecule has 1 saturated carbocycles. The number of carboxylic acids is 1. The predicted octanol–water partition coefficient (Wildman–Crippen LogP) is 2.99. The Balaban J connectivity index is 1.15. The van der Waals surface area contributed by atoms with Crippen molar-refractivity contribution in [3.63, 3.8) is 0 Å². The molecule has 12 nitrogen and oxygen atoms in total. The highest BCUT2D eigenvalue weighted by Gasteiger charge is 2.54. The maximum absolute atomic E-state index is 13.9. The minimum Gasteiger partial charge on any atom is -0.477 e. The fourth-order valence-corrected chi connectivity index (χ4v) is 8.67. The molecule has 3 amide bonds. The van der Waals surface area contributed by atoms with Crippen molar-refractivity contribution in [3.05, 3.63) is 92.9 Å². The second kappa shape index (κ2) is 12.0. The number of hydrogen-bond acceptors (Lipinski definition) is 8. The Labute approximate surface area is 273 Å². The van der Waals surface area contributed by atoms with Gasteiger partial charge in [-0.05, 0) is 30.0 Å². The molecule has 242 valence electrons. The lowest BCUT2D eigenvalue weighted by Crippen LogP contribution is -2.71. The lowest BCUT2D eigenvalue weighted by molar-refractivity contribution is -0.151. The summed E-state index contributed by atoms with van der Waals surface area (Å²) in [4.78, 5) is 79.2. The van der Waals surface area contributed by atoms with Crippen molar-refractivity contribution in [2.75, 3.05) is 12.4 Å². The number of amides is 3. The molecule has 47 heavy (non-hydrogen) atoms. The number of pyridine rings is 1. The first kappa shape index (κ1) is 30.7. The van der Waals surface area contributed by atoms with Crippen molar-refractivity contribution in [3.8, 4) is 0 Å². The van der Waals surface area contributed by atoms with Crippen LogP contribution in [0.3, 0.4) is 0 Å². The number of fused-ring (bicyclic) bond motifs is 4. The fraction of sp³-hybridized carbons (Fsp3) is 0.353. The Morgan fingerprint density at radius 2 is 1.81 bits per heavy atom. The van der Waals surface area contributed by atoms with Crippen LogP contribution in [-0.2, 0) is 23.9 Å². The smallest absolute Gasteiger partial charge is 0.352 e. The third-order valence-electron chi connectivity index (χ3n) is 9.48. The zero-order valence-corrected chi connectivity index (χ0v) is 26.2. The molecule has 5 unspecified atom stereocenters. The Hall–Kier alpha value is -4.91. The van der Waals surface area contributed by atoms with Gasteiger partial charge in [0.2, 0.25) is 11.3 Å². The number of para-hydroxylation sites is 1. The van der Waals surface area contributed by atoms with Crippen molar-refractivity contribution >= 4 is 52.3 Å². The Morgan fingerprint density at radius 3 is 2.55 bits per heavy atom. The number of rotatable bonds is 8. The molecule has 0 spiro atoms. The van der Waals surface area contributed by atoms with E-state index in [0.717, 1.165) is 41.7 Å². The van der Waals surface area contributed by atoms with Crippen LogP contribution in [0, 0.1) is 0 Å². The van der Waals surface area contributed by atoms with E-state index >= 15 is 0 Å². The summed E-state index contributed by atoms with van der Waals surface area (Å²) in [5.41, 5.74) is 1.96. The number of ether oxygens (including phenoxy) is 1. The monoisotopic (exact) mass is 656 g/mol. The molecule has 1 aromatic heterocycles. The molecule has 1 saturated heterocycles. The summed E-state index contributed by atoms with van der Waals surface area (Å²) in [5, 5.41) is 15.1. The number of nitrogens with one attached hydrogen (secondary N) is 2. The molecule has 4 aliphatic rings. The summed E-state index contributed by atoms with van der Waals surface area (Å²) in [6.45, 7) is 0.939. The van der Waals surface area contributed by atoms with Crippen LogP contribution in [0.1, 0.15) is 72.1 Å². The quantitative estimate of drug-likeness (QED) is 0.244. The number of aromatic nitrogens is 1. The van der Waals surface area contributed by atoms with Gasteiger partial charge >= 0.3 is 11.9 Å². The molecule has 3 N–H and O–H groups in total. The maximum Gasteiger partial charge on any atom is 0.352 e. The molecule has 2 fully saturated rings. The molecule has 1 aliphatic carbocycles. The first-order valence-corrected chi connectivity index (χ1v) is 16.6. The summed E-state index contributed by atoms with van der Waals surface area (Å²) in [5.74, 6) is -3.50. The van der Waals surface area contributed by atoms with Gasteiger partial charge in [-0.3, -0.25) is 28.9 Å². The van der Waals surface area contributed by atoms with E-state index in [9.17, 15) is 33.9 Å². The van der Waals surface area contributed by atoms with Crippen molar-refractivity contribution in [2.45, 2.75) is 62.0 Å².